The predicted octanol–water partition coefficient (Wildman–Crippen LogP) is 3.37. The van der Waals surface area contributed by atoms with Gasteiger partial charge in [0.1, 0.15) is 11.4 Å². The Bertz CT molecular complexity index is 1250. The third kappa shape index (κ3) is 3.14. The Morgan fingerprint density at radius 3 is 2.81 bits per heavy atom. The highest BCUT2D eigenvalue weighted by atomic mass is 19.1. The molecule has 160 valence electrons. The van der Waals surface area contributed by atoms with Crippen LogP contribution in [-0.2, 0) is 4.74 Å². The summed E-state index contributed by atoms with van der Waals surface area (Å²) >= 11 is 0. The van der Waals surface area contributed by atoms with Crippen molar-refractivity contribution in [1.29, 1.82) is 0 Å². The molecule has 0 aliphatic carbocycles. The maximum Gasteiger partial charge on any atom is 0.291 e. The van der Waals surface area contributed by atoms with Crippen molar-refractivity contribution in [3.63, 3.8) is 0 Å². The molecular weight excluding hydrogens is 405 g/mol. The minimum absolute atomic E-state index is 0.0563. The third-order valence-corrected chi connectivity index (χ3v) is 5.87. The number of fused-ring (bicyclic) bond motifs is 2. The second-order valence-electron chi connectivity index (χ2n) is 7.74. The molecule has 0 bridgehead atoms. The van der Waals surface area contributed by atoms with Crippen LogP contribution >= 0.6 is 0 Å². The molecule has 8 heteroatoms. The summed E-state index contributed by atoms with van der Waals surface area (Å²) in [5.41, 5.74) is 0.409. The highest BCUT2D eigenvalue weighted by Crippen LogP contribution is 2.41. The van der Waals surface area contributed by atoms with Gasteiger partial charge in [0.05, 0.1) is 30.2 Å². The summed E-state index contributed by atoms with van der Waals surface area (Å²) in [6.07, 6.45) is 1.56. The van der Waals surface area contributed by atoms with Crippen LogP contribution in [0.4, 0.5) is 4.39 Å². The molecule has 0 unspecified atom stereocenters. The van der Waals surface area contributed by atoms with Crippen LogP contribution in [0.3, 0.4) is 0 Å². The van der Waals surface area contributed by atoms with Gasteiger partial charge in [0, 0.05) is 13.2 Å². The zero-order chi connectivity index (χ0) is 21.7. The number of nitrogens with zero attached hydrogens (tertiary/aromatic N) is 1. The van der Waals surface area contributed by atoms with E-state index in [9.17, 15) is 19.1 Å². The summed E-state index contributed by atoms with van der Waals surface area (Å²) in [5.74, 6) is -0.895. The highest BCUT2D eigenvalue weighted by Gasteiger charge is 2.44. The Kier molecular flexibility index (Phi) is 4.66. The van der Waals surface area contributed by atoms with Crippen molar-refractivity contribution in [2.75, 3.05) is 20.3 Å². The summed E-state index contributed by atoms with van der Waals surface area (Å²) in [7, 11) is 1.42. The number of ether oxygens (including phenoxy) is 2. The second-order valence-corrected chi connectivity index (χ2v) is 7.74. The SMILES string of the molecule is COc1cc([C@H]2c3c(oc4ccc(F)cc4c3=O)C(=O)N2C[C@H]2CCCO2)ccc1O. The van der Waals surface area contributed by atoms with E-state index in [1.54, 1.807) is 17.0 Å². The number of phenols is 1. The number of carbonyl (C=O) groups is 1. The first kappa shape index (κ1) is 19.6. The molecule has 3 aromatic rings. The maximum absolute atomic E-state index is 13.8. The lowest BCUT2D eigenvalue weighted by Crippen LogP contribution is -2.36. The number of phenolic OH excluding ortho intramolecular Hbond substituents is 1. The van der Waals surface area contributed by atoms with E-state index in [1.807, 2.05) is 0 Å². The molecule has 0 radical (unpaired) electrons. The van der Waals surface area contributed by atoms with Crippen molar-refractivity contribution in [1.82, 2.24) is 4.90 Å². The number of carbonyl (C=O) groups excluding carboxylic acids is 1. The van der Waals surface area contributed by atoms with E-state index in [2.05, 4.69) is 0 Å². The molecule has 7 nitrogen and oxygen atoms in total. The van der Waals surface area contributed by atoms with Crippen LogP contribution in [0.1, 0.15) is 40.6 Å². The first-order valence-corrected chi connectivity index (χ1v) is 10.0. The Morgan fingerprint density at radius 2 is 2.06 bits per heavy atom. The average Bonchev–Trinajstić information content (AvgIpc) is 3.37. The molecule has 2 atom stereocenters. The fraction of sp³-hybridized carbons (Fsp3) is 0.304. The maximum atomic E-state index is 13.8. The van der Waals surface area contributed by atoms with Crippen molar-refractivity contribution in [2.24, 2.45) is 0 Å². The van der Waals surface area contributed by atoms with E-state index >= 15 is 0 Å². The van der Waals surface area contributed by atoms with Gasteiger partial charge in [0.15, 0.2) is 16.9 Å². The van der Waals surface area contributed by atoms with Gasteiger partial charge in [-0.25, -0.2) is 4.39 Å². The fourth-order valence-electron chi connectivity index (χ4n) is 4.40. The van der Waals surface area contributed by atoms with E-state index in [0.29, 0.717) is 12.2 Å². The van der Waals surface area contributed by atoms with Crippen molar-refractivity contribution < 1.29 is 28.2 Å². The smallest absolute Gasteiger partial charge is 0.291 e. The van der Waals surface area contributed by atoms with E-state index in [4.69, 9.17) is 13.9 Å². The molecule has 3 heterocycles. The van der Waals surface area contributed by atoms with Crippen molar-refractivity contribution in [3.8, 4) is 11.5 Å². The Balaban J connectivity index is 1.72. The predicted molar refractivity (Wildman–Crippen MR) is 109 cm³/mol. The van der Waals surface area contributed by atoms with Crippen LogP contribution in [0.25, 0.3) is 11.0 Å². The van der Waals surface area contributed by atoms with E-state index < -0.39 is 23.2 Å². The Hall–Kier alpha value is -3.39. The van der Waals surface area contributed by atoms with Gasteiger partial charge in [0.2, 0.25) is 5.76 Å². The molecule has 2 aliphatic heterocycles. The van der Waals surface area contributed by atoms with Gasteiger partial charge in [-0.1, -0.05) is 6.07 Å². The quantitative estimate of drug-likeness (QED) is 0.690. The summed E-state index contributed by atoms with van der Waals surface area (Å²) < 4.78 is 30.6. The normalized spacial score (nSPS) is 20.5. The molecule has 1 amide bonds. The number of benzene rings is 2. The molecule has 5 rings (SSSR count). The standard InChI is InChI=1S/C23H20FNO6/c1-29-18-9-12(4-6-16(18)26)20-19-21(27)15-10-13(24)5-7-17(15)31-22(19)23(28)25(20)11-14-3-2-8-30-14/h4-7,9-10,14,20,26H,2-3,8,11H2,1H3/t14-,20+/m1/s1. The van der Waals surface area contributed by atoms with Crippen LogP contribution in [0.5, 0.6) is 11.5 Å². The average molecular weight is 425 g/mol. The molecule has 0 spiro atoms. The van der Waals surface area contributed by atoms with Crippen LogP contribution in [-0.4, -0.2) is 42.3 Å². The lowest BCUT2D eigenvalue weighted by Gasteiger charge is -2.27. The number of amides is 1. The van der Waals surface area contributed by atoms with Crippen molar-refractivity contribution >= 4 is 16.9 Å². The number of halogens is 1. The summed E-state index contributed by atoms with van der Waals surface area (Å²) in [4.78, 5) is 28.3. The minimum Gasteiger partial charge on any atom is -0.504 e. The number of hydrogen-bond acceptors (Lipinski definition) is 6. The summed E-state index contributed by atoms with van der Waals surface area (Å²) in [6.45, 7) is 0.902. The number of aromatic hydroxyl groups is 1. The molecule has 1 N–H and O–H groups in total. The molecule has 2 aromatic carbocycles. The zero-order valence-corrected chi connectivity index (χ0v) is 16.8. The summed E-state index contributed by atoms with van der Waals surface area (Å²) in [6, 6.07) is 7.53. The van der Waals surface area contributed by atoms with Gasteiger partial charge in [-0.2, -0.15) is 0 Å². The van der Waals surface area contributed by atoms with Crippen LogP contribution in [0.2, 0.25) is 0 Å². The lowest BCUT2D eigenvalue weighted by molar-refractivity contribution is 0.0486. The number of rotatable bonds is 4. The number of hydrogen-bond donors (Lipinski definition) is 1. The molecule has 1 fully saturated rings. The first-order valence-electron chi connectivity index (χ1n) is 10.0. The summed E-state index contributed by atoms with van der Waals surface area (Å²) in [5, 5.41) is 10.1. The monoisotopic (exact) mass is 425 g/mol. The first-order chi connectivity index (χ1) is 15.0. The molecule has 2 aliphatic rings. The Labute approximate surface area is 176 Å². The highest BCUT2D eigenvalue weighted by molar-refractivity contribution is 5.99. The third-order valence-electron chi connectivity index (χ3n) is 5.87. The molecule has 1 aromatic heterocycles. The fourth-order valence-corrected chi connectivity index (χ4v) is 4.40. The van der Waals surface area contributed by atoms with Crippen LogP contribution in [0.15, 0.2) is 45.6 Å². The largest absolute Gasteiger partial charge is 0.504 e. The van der Waals surface area contributed by atoms with Gasteiger partial charge < -0.3 is 23.9 Å². The molecular formula is C23H20FNO6. The van der Waals surface area contributed by atoms with Gasteiger partial charge in [-0.3, -0.25) is 9.59 Å². The Morgan fingerprint density at radius 1 is 1.23 bits per heavy atom. The zero-order valence-electron chi connectivity index (χ0n) is 16.8. The molecule has 1 saturated heterocycles. The van der Waals surface area contributed by atoms with E-state index in [1.165, 1.54) is 25.3 Å². The van der Waals surface area contributed by atoms with Crippen molar-refractivity contribution in [3.05, 3.63) is 69.3 Å². The van der Waals surface area contributed by atoms with Gasteiger partial charge in [-0.15, -0.1) is 0 Å². The van der Waals surface area contributed by atoms with Gasteiger partial charge >= 0.3 is 0 Å². The minimum atomic E-state index is -0.773. The topological polar surface area (TPSA) is 89.2 Å². The van der Waals surface area contributed by atoms with Gasteiger partial charge in [0.25, 0.3) is 5.91 Å². The lowest BCUT2D eigenvalue weighted by atomic mass is 9.97. The van der Waals surface area contributed by atoms with Crippen LogP contribution in [0, 0.1) is 5.82 Å². The molecule has 31 heavy (non-hydrogen) atoms. The molecule has 0 saturated carbocycles. The second kappa shape index (κ2) is 7.39. The van der Waals surface area contributed by atoms with Crippen molar-refractivity contribution in [2.45, 2.75) is 25.0 Å². The van der Waals surface area contributed by atoms with Gasteiger partial charge in [-0.05, 0) is 48.7 Å². The van der Waals surface area contributed by atoms with E-state index in [0.717, 1.165) is 18.9 Å². The van der Waals surface area contributed by atoms with Crippen LogP contribution < -0.4 is 10.2 Å². The van der Waals surface area contributed by atoms with E-state index in [-0.39, 0.29) is 46.4 Å². The number of methoxy groups -OCH3 is 1.